The van der Waals surface area contributed by atoms with Crippen LogP contribution < -0.4 is 9.04 Å². The lowest BCUT2D eigenvalue weighted by Gasteiger charge is -2.23. The monoisotopic (exact) mass is 357 g/mol. The standard InChI is InChI=1S/C16H14F3NO3S/c1-2-12-20(13-6-4-3-5-7-13)24(21,22)15-10-8-14(9-11-15)23-16(17,18)19/h2-11H,1,12H2. The van der Waals surface area contributed by atoms with Crippen LogP contribution in [-0.4, -0.2) is 21.3 Å². The van der Waals surface area contributed by atoms with Crippen LogP contribution in [0.25, 0.3) is 0 Å². The Morgan fingerprint density at radius 2 is 1.62 bits per heavy atom. The van der Waals surface area contributed by atoms with Crippen molar-refractivity contribution in [2.75, 3.05) is 10.8 Å². The topological polar surface area (TPSA) is 46.6 Å². The quantitative estimate of drug-likeness (QED) is 0.735. The first-order chi connectivity index (χ1) is 11.2. The van der Waals surface area contributed by atoms with Crippen molar-refractivity contribution in [2.45, 2.75) is 11.3 Å². The molecule has 0 N–H and O–H groups in total. The summed E-state index contributed by atoms with van der Waals surface area (Å²) in [6.45, 7) is 3.56. The summed E-state index contributed by atoms with van der Waals surface area (Å²) < 4.78 is 66.8. The second-order valence-electron chi connectivity index (χ2n) is 4.68. The van der Waals surface area contributed by atoms with Gasteiger partial charge in [-0.1, -0.05) is 24.3 Å². The molecule has 0 atom stereocenters. The van der Waals surface area contributed by atoms with Gasteiger partial charge in [-0.05, 0) is 36.4 Å². The van der Waals surface area contributed by atoms with Gasteiger partial charge < -0.3 is 4.74 Å². The molecule has 128 valence electrons. The molecular weight excluding hydrogens is 343 g/mol. The van der Waals surface area contributed by atoms with E-state index in [1.54, 1.807) is 30.3 Å². The number of halogens is 3. The van der Waals surface area contributed by atoms with E-state index in [0.717, 1.165) is 28.6 Å². The molecule has 2 aromatic rings. The van der Waals surface area contributed by atoms with E-state index in [1.165, 1.54) is 6.08 Å². The maximum atomic E-state index is 12.7. The average molecular weight is 357 g/mol. The van der Waals surface area contributed by atoms with Crippen molar-refractivity contribution in [3.05, 3.63) is 67.3 Å². The Morgan fingerprint density at radius 1 is 1.04 bits per heavy atom. The number of sulfonamides is 1. The number of hydrogen-bond donors (Lipinski definition) is 0. The summed E-state index contributed by atoms with van der Waals surface area (Å²) in [6, 6.07) is 12.4. The van der Waals surface area contributed by atoms with Crippen LogP contribution >= 0.6 is 0 Å². The Morgan fingerprint density at radius 3 is 2.12 bits per heavy atom. The lowest BCUT2D eigenvalue weighted by molar-refractivity contribution is -0.274. The minimum absolute atomic E-state index is 0.0210. The highest BCUT2D eigenvalue weighted by Gasteiger charge is 2.31. The zero-order valence-electron chi connectivity index (χ0n) is 12.4. The second kappa shape index (κ2) is 6.96. The molecule has 0 unspecified atom stereocenters. The number of rotatable bonds is 6. The number of anilines is 1. The fraction of sp³-hybridized carbons (Fsp3) is 0.125. The second-order valence-corrected chi connectivity index (χ2v) is 6.54. The van der Waals surface area contributed by atoms with Crippen LogP contribution in [0.4, 0.5) is 18.9 Å². The van der Waals surface area contributed by atoms with E-state index in [4.69, 9.17) is 0 Å². The molecule has 0 aliphatic heterocycles. The lowest BCUT2D eigenvalue weighted by Crippen LogP contribution is -2.31. The molecule has 0 aliphatic rings. The van der Waals surface area contributed by atoms with E-state index in [1.807, 2.05) is 0 Å². The molecule has 0 aromatic heterocycles. The van der Waals surface area contributed by atoms with Crippen molar-refractivity contribution >= 4 is 15.7 Å². The highest BCUT2D eigenvalue weighted by Crippen LogP contribution is 2.27. The third kappa shape index (κ3) is 4.29. The van der Waals surface area contributed by atoms with E-state index in [2.05, 4.69) is 11.3 Å². The summed E-state index contributed by atoms with van der Waals surface area (Å²) in [5.74, 6) is -0.489. The van der Waals surface area contributed by atoms with E-state index < -0.39 is 22.1 Å². The number of para-hydroxylation sites is 1. The van der Waals surface area contributed by atoms with Crippen LogP contribution in [0.3, 0.4) is 0 Å². The van der Waals surface area contributed by atoms with Crippen LogP contribution in [-0.2, 0) is 10.0 Å². The van der Waals surface area contributed by atoms with Gasteiger partial charge in [-0.3, -0.25) is 4.31 Å². The Labute approximate surface area is 137 Å². The average Bonchev–Trinajstić information content (AvgIpc) is 2.52. The predicted octanol–water partition coefficient (Wildman–Crippen LogP) is 3.97. The Hall–Kier alpha value is -2.48. The molecule has 24 heavy (non-hydrogen) atoms. The largest absolute Gasteiger partial charge is 0.573 e. The molecule has 0 saturated carbocycles. The van der Waals surface area contributed by atoms with E-state index in [-0.39, 0.29) is 11.4 Å². The van der Waals surface area contributed by atoms with Crippen LogP contribution in [0.2, 0.25) is 0 Å². The Balaban J connectivity index is 2.35. The van der Waals surface area contributed by atoms with Gasteiger partial charge >= 0.3 is 6.36 Å². The first-order valence-corrected chi connectivity index (χ1v) is 8.22. The summed E-state index contributed by atoms with van der Waals surface area (Å²) >= 11 is 0. The molecule has 0 spiro atoms. The van der Waals surface area contributed by atoms with Crippen molar-refractivity contribution in [2.24, 2.45) is 0 Å². The van der Waals surface area contributed by atoms with Crippen LogP contribution in [0.15, 0.2) is 72.1 Å². The van der Waals surface area contributed by atoms with Crippen LogP contribution in [0.1, 0.15) is 0 Å². The third-order valence-electron chi connectivity index (χ3n) is 2.98. The van der Waals surface area contributed by atoms with Gasteiger partial charge in [0.2, 0.25) is 0 Å². The van der Waals surface area contributed by atoms with Crippen LogP contribution in [0, 0.1) is 0 Å². The summed E-state index contributed by atoms with van der Waals surface area (Å²) in [4.78, 5) is -0.150. The predicted molar refractivity (Wildman–Crippen MR) is 84.3 cm³/mol. The zero-order valence-corrected chi connectivity index (χ0v) is 13.2. The molecule has 0 fully saturated rings. The van der Waals surface area contributed by atoms with Gasteiger partial charge in [0.15, 0.2) is 0 Å². The van der Waals surface area contributed by atoms with E-state index >= 15 is 0 Å². The summed E-state index contributed by atoms with van der Waals surface area (Å²) in [5.41, 5.74) is 0.424. The maximum absolute atomic E-state index is 12.7. The first kappa shape index (κ1) is 17.9. The van der Waals surface area contributed by atoms with Gasteiger partial charge in [0.1, 0.15) is 5.75 Å². The molecule has 2 aromatic carbocycles. The number of alkyl halides is 3. The van der Waals surface area contributed by atoms with Crippen molar-refractivity contribution in [1.82, 2.24) is 0 Å². The molecule has 4 nitrogen and oxygen atoms in total. The molecule has 0 aliphatic carbocycles. The molecule has 0 amide bonds. The molecule has 0 saturated heterocycles. The first-order valence-electron chi connectivity index (χ1n) is 6.78. The Bertz CT molecular complexity index is 788. The van der Waals surface area contributed by atoms with Gasteiger partial charge in [-0.25, -0.2) is 8.42 Å². The van der Waals surface area contributed by atoms with E-state index in [9.17, 15) is 21.6 Å². The van der Waals surface area contributed by atoms with Crippen molar-refractivity contribution in [1.29, 1.82) is 0 Å². The highest BCUT2D eigenvalue weighted by molar-refractivity contribution is 7.92. The van der Waals surface area contributed by atoms with Gasteiger partial charge in [0, 0.05) is 0 Å². The zero-order chi connectivity index (χ0) is 17.8. The minimum Gasteiger partial charge on any atom is -0.406 e. The fourth-order valence-corrected chi connectivity index (χ4v) is 3.43. The maximum Gasteiger partial charge on any atom is 0.573 e. The SMILES string of the molecule is C=CCN(c1ccccc1)S(=O)(=O)c1ccc(OC(F)(F)F)cc1. The third-order valence-corrected chi connectivity index (χ3v) is 4.79. The molecule has 0 heterocycles. The molecule has 0 bridgehead atoms. The fourth-order valence-electron chi connectivity index (χ4n) is 1.99. The number of nitrogens with zero attached hydrogens (tertiary/aromatic N) is 1. The molecule has 0 radical (unpaired) electrons. The van der Waals surface area contributed by atoms with E-state index in [0.29, 0.717) is 5.69 Å². The molecule has 8 heteroatoms. The van der Waals surface area contributed by atoms with Gasteiger partial charge in [0.25, 0.3) is 10.0 Å². The normalized spacial score (nSPS) is 11.8. The summed E-state index contributed by atoms with van der Waals surface area (Å²) in [6.07, 6.45) is -3.41. The van der Waals surface area contributed by atoms with Gasteiger partial charge in [-0.15, -0.1) is 19.8 Å². The minimum atomic E-state index is -4.83. The van der Waals surface area contributed by atoms with Crippen molar-refractivity contribution < 1.29 is 26.3 Å². The van der Waals surface area contributed by atoms with Crippen LogP contribution in [0.5, 0.6) is 5.75 Å². The highest BCUT2D eigenvalue weighted by atomic mass is 32.2. The summed E-state index contributed by atoms with van der Waals surface area (Å²) in [7, 11) is -3.95. The smallest absolute Gasteiger partial charge is 0.406 e. The summed E-state index contributed by atoms with van der Waals surface area (Å²) in [5, 5.41) is 0. The number of ether oxygens (including phenoxy) is 1. The number of benzene rings is 2. The lowest BCUT2D eigenvalue weighted by atomic mass is 10.3. The number of hydrogen-bond acceptors (Lipinski definition) is 3. The molecular formula is C16H14F3NO3S. The van der Waals surface area contributed by atoms with Crippen molar-refractivity contribution in [3.8, 4) is 5.75 Å². The van der Waals surface area contributed by atoms with Gasteiger partial charge in [-0.2, -0.15) is 0 Å². The molecule has 2 rings (SSSR count). The Kier molecular flexibility index (Phi) is 5.18. The van der Waals surface area contributed by atoms with Crippen molar-refractivity contribution in [3.63, 3.8) is 0 Å². The van der Waals surface area contributed by atoms with Gasteiger partial charge in [0.05, 0.1) is 17.1 Å².